The van der Waals surface area contributed by atoms with Gasteiger partial charge in [-0.05, 0) is 73.9 Å². The third-order valence-electron chi connectivity index (χ3n) is 7.48. The van der Waals surface area contributed by atoms with E-state index in [4.69, 9.17) is 0 Å². The molecule has 2 N–H and O–H groups in total. The maximum Gasteiger partial charge on any atom is 0.261 e. The van der Waals surface area contributed by atoms with Gasteiger partial charge in [-0.15, -0.1) is 0 Å². The number of rotatable bonds is 3. The summed E-state index contributed by atoms with van der Waals surface area (Å²) in [5, 5.41) is 20.4. The zero-order valence-electron chi connectivity index (χ0n) is 17.6. The Balaban J connectivity index is 1.44. The second-order valence-electron chi connectivity index (χ2n) is 9.34. The van der Waals surface area contributed by atoms with E-state index in [0.29, 0.717) is 25.0 Å². The number of hydrogen-bond donors (Lipinski definition) is 2. The van der Waals surface area contributed by atoms with Crippen LogP contribution in [-0.4, -0.2) is 57.6 Å². The van der Waals surface area contributed by atoms with Crippen molar-refractivity contribution in [3.05, 3.63) is 59.4 Å². The van der Waals surface area contributed by atoms with E-state index in [1.165, 1.54) is 37.1 Å². The molecule has 3 aliphatic rings. The summed E-state index contributed by atoms with van der Waals surface area (Å²) >= 11 is 0. The zero-order chi connectivity index (χ0) is 21.5. The number of amides is 1. The van der Waals surface area contributed by atoms with Crippen molar-refractivity contribution >= 4 is 5.91 Å². The standard InChI is InChI=1S/C25H29FN2O3/c26-19-6-3-5-16(11-19)12-21-18-13-17(20-7-1-2-10-28(20)21)14-27(15-18)25(31)24-22(29)8-4-9-23(24)30/h3-6,8-9,11,17-18,20-21,29-30H,1-2,7,10,12-15H2/t17-,18+,20+,21+/m1/s1. The van der Waals surface area contributed by atoms with Gasteiger partial charge in [-0.2, -0.15) is 0 Å². The van der Waals surface area contributed by atoms with Crippen molar-refractivity contribution in [2.24, 2.45) is 11.8 Å². The van der Waals surface area contributed by atoms with Crippen LogP contribution in [0, 0.1) is 17.7 Å². The lowest BCUT2D eigenvalue weighted by atomic mass is 9.71. The van der Waals surface area contributed by atoms with Crippen molar-refractivity contribution in [1.29, 1.82) is 0 Å². The molecule has 5 nitrogen and oxygen atoms in total. The summed E-state index contributed by atoms with van der Waals surface area (Å²) in [4.78, 5) is 17.7. The molecule has 31 heavy (non-hydrogen) atoms. The Labute approximate surface area is 182 Å². The second-order valence-corrected chi connectivity index (χ2v) is 9.34. The molecule has 3 aliphatic heterocycles. The van der Waals surface area contributed by atoms with E-state index in [-0.39, 0.29) is 40.7 Å². The summed E-state index contributed by atoms with van der Waals surface area (Å²) in [7, 11) is 0. The van der Waals surface area contributed by atoms with Crippen LogP contribution >= 0.6 is 0 Å². The van der Waals surface area contributed by atoms with Gasteiger partial charge in [-0.1, -0.05) is 24.6 Å². The first-order valence-corrected chi connectivity index (χ1v) is 11.3. The number of halogens is 1. The molecule has 0 unspecified atom stereocenters. The first-order valence-electron chi connectivity index (χ1n) is 11.3. The molecular weight excluding hydrogens is 395 g/mol. The molecule has 4 atom stereocenters. The van der Waals surface area contributed by atoms with E-state index in [1.54, 1.807) is 12.1 Å². The largest absolute Gasteiger partial charge is 0.507 e. The summed E-state index contributed by atoms with van der Waals surface area (Å²) in [5.41, 5.74) is 0.985. The maximum atomic E-state index is 13.8. The molecule has 0 radical (unpaired) electrons. The monoisotopic (exact) mass is 424 g/mol. The molecule has 2 aromatic carbocycles. The van der Waals surface area contributed by atoms with Gasteiger partial charge in [0.05, 0.1) is 0 Å². The van der Waals surface area contributed by atoms with Crippen LogP contribution in [0.2, 0.25) is 0 Å². The molecule has 0 spiro atoms. The molecule has 3 heterocycles. The molecule has 2 aromatic rings. The molecule has 2 bridgehead atoms. The first-order chi connectivity index (χ1) is 15.0. The summed E-state index contributed by atoms with van der Waals surface area (Å²) in [6.45, 7) is 2.30. The van der Waals surface area contributed by atoms with Crippen LogP contribution in [0.4, 0.5) is 4.39 Å². The number of nitrogens with zero attached hydrogens (tertiary/aromatic N) is 2. The average molecular weight is 425 g/mol. The zero-order valence-corrected chi connectivity index (χ0v) is 17.6. The SMILES string of the molecule is O=C(c1c(O)cccc1O)N1C[C@H]2C[C@@H](C1)[C@H](Cc1cccc(F)c1)N1CCCC[C@@H]21. The van der Waals surface area contributed by atoms with Gasteiger partial charge < -0.3 is 15.1 Å². The van der Waals surface area contributed by atoms with Gasteiger partial charge in [0.15, 0.2) is 0 Å². The molecular formula is C25H29FN2O3. The van der Waals surface area contributed by atoms with E-state index in [0.717, 1.165) is 31.4 Å². The normalized spacial score (nSPS) is 28.2. The molecule has 5 rings (SSSR count). The van der Waals surface area contributed by atoms with E-state index in [9.17, 15) is 19.4 Å². The number of carbonyl (C=O) groups is 1. The summed E-state index contributed by atoms with van der Waals surface area (Å²) in [6, 6.07) is 11.9. The van der Waals surface area contributed by atoms with Gasteiger partial charge in [0.1, 0.15) is 22.9 Å². The fourth-order valence-corrected chi connectivity index (χ4v) is 6.17. The lowest BCUT2D eigenvalue weighted by molar-refractivity contribution is -0.0643. The number of piperidine rings is 3. The van der Waals surface area contributed by atoms with Gasteiger partial charge in [-0.3, -0.25) is 9.69 Å². The number of likely N-dealkylation sites (tertiary alicyclic amines) is 1. The number of hydrogen-bond acceptors (Lipinski definition) is 4. The van der Waals surface area contributed by atoms with Crippen molar-refractivity contribution in [3.8, 4) is 11.5 Å². The Morgan fingerprint density at radius 1 is 1.03 bits per heavy atom. The maximum absolute atomic E-state index is 13.8. The molecule has 0 saturated carbocycles. The number of aromatic hydroxyl groups is 2. The summed E-state index contributed by atoms with van der Waals surface area (Å²) < 4.78 is 13.8. The van der Waals surface area contributed by atoms with Gasteiger partial charge in [-0.25, -0.2) is 4.39 Å². The van der Waals surface area contributed by atoms with Crippen molar-refractivity contribution < 1.29 is 19.4 Å². The molecule has 0 aromatic heterocycles. The highest BCUT2D eigenvalue weighted by Crippen LogP contribution is 2.43. The minimum Gasteiger partial charge on any atom is -0.507 e. The lowest BCUT2D eigenvalue weighted by Crippen LogP contribution is -2.64. The smallest absolute Gasteiger partial charge is 0.261 e. The van der Waals surface area contributed by atoms with Crippen LogP contribution < -0.4 is 0 Å². The summed E-state index contributed by atoms with van der Waals surface area (Å²) in [5.74, 6) is -0.211. The summed E-state index contributed by atoms with van der Waals surface area (Å²) in [6.07, 6.45) is 5.35. The fraction of sp³-hybridized carbons (Fsp3) is 0.480. The Morgan fingerprint density at radius 2 is 1.77 bits per heavy atom. The highest BCUT2D eigenvalue weighted by Gasteiger charge is 2.48. The molecule has 1 amide bonds. The molecule has 164 valence electrons. The van der Waals surface area contributed by atoms with Gasteiger partial charge in [0.25, 0.3) is 5.91 Å². The first kappa shape index (κ1) is 20.3. The second kappa shape index (κ2) is 8.15. The van der Waals surface area contributed by atoms with Crippen LogP contribution in [0.5, 0.6) is 11.5 Å². The number of benzene rings is 2. The molecule has 3 fully saturated rings. The highest BCUT2D eigenvalue weighted by atomic mass is 19.1. The molecule has 3 saturated heterocycles. The number of fused-ring (bicyclic) bond motifs is 4. The number of carbonyl (C=O) groups excluding carboxylic acids is 1. The van der Waals surface area contributed by atoms with Crippen molar-refractivity contribution in [3.63, 3.8) is 0 Å². The van der Waals surface area contributed by atoms with Gasteiger partial charge in [0, 0.05) is 25.2 Å². The fourth-order valence-electron chi connectivity index (χ4n) is 6.17. The minimum atomic E-state index is -0.306. The Morgan fingerprint density at radius 3 is 2.55 bits per heavy atom. The van der Waals surface area contributed by atoms with Crippen molar-refractivity contribution in [2.75, 3.05) is 19.6 Å². The minimum absolute atomic E-state index is 0.00958. The van der Waals surface area contributed by atoms with E-state index >= 15 is 0 Å². The third kappa shape index (κ3) is 3.78. The predicted octanol–water partition coefficient (Wildman–Crippen LogP) is 3.79. The van der Waals surface area contributed by atoms with Crippen LogP contribution in [0.25, 0.3) is 0 Å². The van der Waals surface area contributed by atoms with Crippen LogP contribution in [0.1, 0.15) is 41.6 Å². The quantitative estimate of drug-likeness (QED) is 0.787. The van der Waals surface area contributed by atoms with E-state index in [2.05, 4.69) is 4.90 Å². The predicted molar refractivity (Wildman–Crippen MR) is 116 cm³/mol. The highest BCUT2D eigenvalue weighted by molar-refractivity contribution is 5.99. The van der Waals surface area contributed by atoms with E-state index in [1.807, 2.05) is 11.0 Å². The Kier molecular flexibility index (Phi) is 5.34. The van der Waals surface area contributed by atoms with Crippen LogP contribution in [0.15, 0.2) is 42.5 Å². The Hall–Kier alpha value is -2.60. The number of phenols is 2. The van der Waals surface area contributed by atoms with Crippen LogP contribution in [-0.2, 0) is 6.42 Å². The average Bonchev–Trinajstić information content (AvgIpc) is 2.76. The topological polar surface area (TPSA) is 64.0 Å². The van der Waals surface area contributed by atoms with Crippen molar-refractivity contribution in [1.82, 2.24) is 9.80 Å². The van der Waals surface area contributed by atoms with Crippen LogP contribution in [0.3, 0.4) is 0 Å². The third-order valence-corrected chi connectivity index (χ3v) is 7.48. The van der Waals surface area contributed by atoms with E-state index < -0.39 is 0 Å². The van der Waals surface area contributed by atoms with Crippen molar-refractivity contribution in [2.45, 2.75) is 44.2 Å². The van der Waals surface area contributed by atoms with Gasteiger partial charge in [0.2, 0.25) is 0 Å². The van der Waals surface area contributed by atoms with Gasteiger partial charge >= 0.3 is 0 Å². The Bertz CT molecular complexity index is 961. The molecule has 6 heteroatoms. The molecule has 0 aliphatic carbocycles. The number of phenolic OH excluding ortho intramolecular Hbond substituents is 2. The lowest BCUT2D eigenvalue weighted by Gasteiger charge is -2.57.